The molecule has 0 spiro atoms. The number of methoxy groups -OCH3 is 2. The van der Waals surface area contributed by atoms with Gasteiger partial charge in [-0.1, -0.05) is 29.8 Å². The fourth-order valence-corrected chi connectivity index (χ4v) is 3.68. The van der Waals surface area contributed by atoms with Crippen LogP contribution in [0.2, 0.25) is 5.02 Å². The van der Waals surface area contributed by atoms with Crippen LogP contribution in [0.5, 0.6) is 11.5 Å². The molecule has 0 saturated carbocycles. The molecular formula is C21H27ClN2O2. The van der Waals surface area contributed by atoms with Gasteiger partial charge in [0.05, 0.1) is 14.2 Å². The smallest absolute Gasteiger partial charge is 0.129 e. The van der Waals surface area contributed by atoms with E-state index in [4.69, 9.17) is 21.1 Å². The first-order chi connectivity index (χ1) is 12.6. The molecule has 1 fully saturated rings. The molecule has 0 aromatic heterocycles. The average molecular weight is 375 g/mol. The summed E-state index contributed by atoms with van der Waals surface area (Å²) in [5, 5.41) is 0.794. The lowest BCUT2D eigenvalue weighted by molar-refractivity contribution is 0.121. The molecule has 2 aromatic carbocycles. The van der Waals surface area contributed by atoms with Crippen molar-refractivity contribution in [1.82, 2.24) is 9.80 Å². The van der Waals surface area contributed by atoms with E-state index in [1.165, 1.54) is 11.1 Å². The monoisotopic (exact) mass is 374 g/mol. The lowest BCUT2D eigenvalue weighted by atomic mass is 10.1. The van der Waals surface area contributed by atoms with E-state index in [1.807, 2.05) is 25.1 Å². The van der Waals surface area contributed by atoms with Crippen LogP contribution in [0.25, 0.3) is 0 Å². The van der Waals surface area contributed by atoms with Gasteiger partial charge < -0.3 is 9.47 Å². The van der Waals surface area contributed by atoms with Crippen LogP contribution in [-0.4, -0.2) is 50.2 Å². The molecule has 0 amide bonds. The Morgan fingerprint density at radius 1 is 0.846 bits per heavy atom. The Morgan fingerprint density at radius 2 is 1.46 bits per heavy atom. The Morgan fingerprint density at radius 3 is 2.04 bits per heavy atom. The molecule has 0 bridgehead atoms. The van der Waals surface area contributed by atoms with Crippen LogP contribution < -0.4 is 9.47 Å². The van der Waals surface area contributed by atoms with Gasteiger partial charge in [0.25, 0.3) is 0 Å². The highest BCUT2D eigenvalue weighted by Gasteiger charge is 2.19. The van der Waals surface area contributed by atoms with Gasteiger partial charge in [-0.2, -0.15) is 0 Å². The van der Waals surface area contributed by atoms with Gasteiger partial charge >= 0.3 is 0 Å². The lowest BCUT2D eigenvalue weighted by Crippen LogP contribution is -2.45. The SMILES string of the molecule is COc1ccc(CN2CCN(Cc3ccc(Cl)cc3)CC2)c(OC)c1C. The number of halogens is 1. The van der Waals surface area contributed by atoms with E-state index >= 15 is 0 Å². The summed E-state index contributed by atoms with van der Waals surface area (Å²) in [5.74, 6) is 1.81. The van der Waals surface area contributed by atoms with E-state index in [9.17, 15) is 0 Å². The van der Waals surface area contributed by atoms with Crippen molar-refractivity contribution in [3.8, 4) is 11.5 Å². The molecule has 0 unspecified atom stereocenters. The van der Waals surface area contributed by atoms with Gasteiger partial charge in [-0.3, -0.25) is 9.80 Å². The second-order valence-electron chi connectivity index (χ2n) is 6.76. The lowest BCUT2D eigenvalue weighted by Gasteiger charge is -2.35. The van der Waals surface area contributed by atoms with E-state index < -0.39 is 0 Å². The molecule has 0 aliphatic carbocycles. The Kier molecular flexibility index (Phi) is 6.41. The third kappa shape index (κ3) is 4.50. The Labute approximate surface area is 161 Å². The first kappa shape index (κ1) is 19.0. The van der Waals surface area contributed by atoms with Crippen LogP contribution >= 0.6 is 11.6 Å². The van der Waals surface area contributed by atoms with Crippen LogP contribution in [0.15, 0.2) is 36.4 Å². The molecule has 26 heavy (non-hydrogen) atoms. The average Bonchev–Trinajstić information content (AvgIpc) is 2.65. The molecule has 1 aliphatic heterocycles. The number of benzene rings is 2. The fourth-order valence-electron chi connectivity index (χ4n) is 3.55. The number of rotatable bonds is 6. The fraction of sp³-hybridized carbons (Fsp3) is 0.429. The summed E-state index contributed by atoms with van der Waals surface area (Å²) < 4.78 is 11.0. The standard InChI is InChI=1S/C21H27ClN2O2/c1-16-20(25-2)9-6-18(21(16)26-3)15-24-12-10-23(11-13-24)14-17-4-7-19(22)8-5-17/h4-9H,10-15H2,1-3H3. The van der Waals surface area contributed by atoms with Gasteiger partial charge in [0.2, 0.25) is 0 Å². The Balaban J connectivity index is 1.57. The highest BCUT2D eigenvalue weighted by atomic mass is 35.5. The first-order valence-corrected chi connectivity index (χ1v) is 9.38. The van der Waals surface area contributed by atoms with Gasteiger partial charge in [0.1, 0.15) is 11.5 Å². The molecule has 5 heteroatoms. The number of ether oxygens (including phenoxy) is 2. The van der Waals surface area contributed by atoms with Crippen molar-refractivity contribution in [2.75, 3.05) is 40.4 Å². The van der Waals surface area contributed by atoms with Gasteiger partial charge in [-0.15, -0.1) is 0 Å². The second kappa shape index (κ2) is 8.76. The maximum Gasteiger partial charge on any atom is 0.129 e. The van der Waals surface area contributed by atoms with Crippen molar-refractivity contribution in [1.29, 1.82) is 0 Å². The molecule has 140 valence electrons. The van der Waals surface area contributed by atoms with Gasteiger partial charge in [0, 0.05) is 55.4 Å². The highest BCUT2D eigenvalue weighted by Crippen LogP contribution is 2.32. The van der Waals surface area contributed by atoms with E-state index in [2.05, 4.69) is 28.0 Å². The van der Waals surface area contributed by atoms with Crippen molar-refractivity contribution in [2.24, 2.45) is 0 Å². The summed E-state index contributed by atoms with van der Waals surface area (Å²) in [6, 6.07) is 12.3. The Hall–Kier alpha value is -1.75. The largest absolute Gasteiger partial charge is 0.496 e. The molecule has 0 radical (unpaired) electrons. The molecule has 4 nitrogen and oxygen atoms in total. The number of nitrogens with zero attached hydrogens (tertiary/aromatic N) is 2. The molecule has 2 aromatic rings. The zero-order valence-electron chi connectivity index (χ0n) is 15.8. The number of hydrogen-bond donors (Lipinski definition) is 0. The predicted molar refractivity (Wildman–Crippen MR) is 106 cm³/mol. The predicted octanol–water partition coefficient (Wildman–Crippen LogP) is 3.98. The van der Waals surface area contributed by atoms with E-state index in [-0.39, 0.29) is 0 Å². The molecule has 1 aliphatic rings. The van der Waals surface area contributed by atoms with Gasteiger partial charge in [0.15, 0.2) is 0 Å². The van der Waals surface area contributed by atoms with Gasteiger partial charge in [-0.05, 0) is 30.7 Å². The first-order valence-electron chi connectivity index (χ1n) is 9.00. The zero-order valence-corrected chi connectivity index (χ0v) is 16.6. The molecular weight excluding hydrogens is 348 g/mol. The summed E-state index contributed by atoms with van der Waals surface area (Å²) in [6.07, 6.45) is 0. The minimum Gasteiger partial charge on any atom is -0.496 e. The quantitative estimate of drug-likeness (QED) is 0.763. The van der Waals surface area contributed by atoms with Crippen LogP contribution in [0, 0.1) is 6.92 Å². The van der Waals surface area contributed by atoms with Crippen molar-refractivity contribution >= 4 is 11.6 Å². The van der Waals surface area contributed by atoms with Crippen molar-refractivity contribution in [3.63, 3.8) is 0 Å². The summed E-state index contributed by atoms with van der Waals surface area (Å²) >= 11 is 5.97. The molecule has 1 heterocycles. The van der Waals surface area contributed by atoms with E-state index in [0.29, 0.717) is 0 Å². The minimum absolute atomic E-state index is 0.794. The van der Waals surface area contributed by atoms with Crippen LogP contribution in [-0.2, 0) is 13.1 Å². The maximum atomic E-state index is 5.97. The Bertz CT molecular complexity index is 726. The molecule has 3 rings (SSSR count). The maximum absolute atomic E-state index is 5.97. The summed E-state index contributed by atoms with van der Waals surface area (Å²) in [7, 11) is 3.43. The molecule has 1 saturated heterocycles. The van der Waals surface area contributed by atoms with Crippen molar-refractivity contribution in [3.05, 3.63) is 58.1 Å². The van der Waals surface area contributed by atoms with Crippen molar-refractivity contribution in [2.45, 2.75) is 20.0 Å². The molecule has 0 N–H and O–H groups in total. The van der Waals surface area contributed by atoms with Crippen LogP contribution in [0.4, 0.5) is 0 Å². The van der Waals surface area contributed by atoms with Crippen molar-refractivity contribution < 1.29 is 9.47 Å². The number of piperazine rings is 1. The summed E-state index contributed by atoms with van der Waals surface area (Å²) in [4.78, 5) is 4.98. The third-order valence-corrected chi connectivity index (χ3v) is 5.29. The summed E-state index contributed by atoms with van der Waals surface area (Å²) in [6.45, 7) is 8.19. The zero-order chi connectivity index (χ0) is 18.5. The normalized spacial score (nSPS) is 15.8. The molecule has 0 atom stereocenters. The van der Waals surface area contributed by atoms with E-state index in [0.717, 1.165) is 61.4 Å². The number of hydrogen-bond acceptors (Lipinski definition) is 4. The highest BCUT2D eigenvalue weighted by molar-refractivity contribution is 6.30. The van der Waals surface area contributed by atoms with Crippen LogP contribution in [0.3, 0.4) is 0 Å². The minimum atomic E-state index is 0.794. The van der Waals surface area contributed by atoms with E-state index in [1.54, 1.807) is 14.2 Å². The third-order valence-electron chi connectivity index (χ3n) is 5.04. The summed E-state index contributed by atoms with van der Waals surface area (Å²) in [5.41, 5.74) is 3.60. The topological polar surface area (TPSA) is 24.9 Å². The van der Waals surface area contributed by atoms with Crippen LogP contribution in [0.1, 0.15) is 16.7 Å². The van der Waals surface area contributed by atoms with Gasteiger partial charge in [-0.25, -0.2) is 0 Å². The second-order valence-corrected chi connectivity index (χ2v) is 7.20.